The number of rotatable bonds is 11. The van der Waals surface area contributed by atoms with Gasteiger partial charge in [0.1, 0.15) is 17.4 Å². The number of para-hydroxylation sites is 1. The lowest BCUT2D eigenvalue weighted by molar-refractivity contribution is -0.135. The minimum atomic E-state index is -2.85. The van der Waals surface area contributed by atoms with Crippen molar-refractivity contribution in [2.45, 2.75) is 94.4 Å². The molecule has 1 aromatic carbocycles. The molecule has 0 radical (unpaired) electrons. The van der Waals surface area contributed by atoms with Crippen molar-refractivity contribution in [3.8, 4) is 0 Å². The summed E-state index contributed by atoms with van der Waals surface area (Å²) < 4.78 is 40.8. The molecule has 6 aliphatic rings. The summed E-state index contributed by atoms with van der Waals surface area (Å²) in [6.07, 6.45) is 9.30. The van der Waals surface area contributed by atoms with Crippen molar-refractivity contribution in [3.63, 3.8) is 0 Å². The smallest absolute Gasteiger partial charge is 0.329 e. The number of ether oxygens (including phenoxy) is 1. The Labute approximate surface area is 367 Å². The number of carbonyl (C=O) groups excluding carboxylic acids is 3. The van der Waals surface area contributed by atoms with Crippen molar-refractivity contribution in [3.05, 3.63) is 70.2 Å². The number of anilines is 2. The Morgan fingerprint density at radius 2 is 1.72 bits per heavy atom. The van der Waals surface area contributed by atoms with Crippen molar-refractivity contribution in [2.24, 2.45) is 18.9 Å². The fraction of sp³-hybridized carbons (Fsp3) is 0.578. The molecule has 1 unspecified atom stereocenters. The van der Waals surface area contributed by atoms with E-state index in [1.807, 2.05) is 18.2 Å². The van der Waals surface area contributed by atoms with Crippen LogP contribution >= 0.6 is 0 Å². The van der Waals surface area contributed by atoms with Crippen LogP contribution in [0.3, 0.4) is 0 Å². The van der Waals surface area contributed by atoms with Gasteiger partial charge in [0.05, 0.1) is 47.7 Å². The molecule has 2 N–H and O–H groups in total. The van der Waals surface area contributed by atoms with Crippen molar-refractivity contribution in [1.29, 1.82) is 0 Å². The largest absolute Gasteiger partial charge is 0.374 e. The highest BCUT2D eigenvalue weighted by atomic mass is 19.3. The fourth-order valence-electron chi connectivity index (χ4n) is 11.5. The predicted molar refractivity (Wildman–Crippen MR) is 232 cm³/mol. The van der Waals surface area contributed by atoms with Gasteiger partial charge in [0.2, 0.25) is 11.8 Å². The van der Waals surface area contributed by atoms with Crippen LogP contribution in [0, 0.1) is 11.8 Å². The highest BCUT2D eigenvalue weighted by Gasteiger charge is 2.40. The molecule has 3 amide bonds. The van der Waals surface area contributed by atoms with Crippen molar-refractivity contribution >= 4 is 45.9 Å². The van der Waals surface area contributed by atoms with Gasteiger partial charge in [0.25, 0.3) is 12.3 Å². The van der Waals surface area contributed by atoms with Gasteiger partial charge in [-0.05, 0) is 86.8 Å². The lowest BCUT2D eigenvalue weighted by Crippen LogP contribution is -2.50. The molecule has 11 rings (SSSR count). The normalized spacial score (nSPS) is 27.8. The lowest BCUT2D eigenvalue weighted by atomic mass is 9.71. The first kappa shape index (κ1) is 41.2. The van der Waals surface area contributed by atoms with Crippen LogP contribution in [0.1, 0.15) is 104 Å². The van der Waals surface area contributed by atoms with Crippen LogP contribution in [0.5, 0.6) is 0 Å². The van der Waals surface area contributed by atoms with Crippen molar-refractivity contribution < 1.29 is 27.9 Å². The van der Waals surface area contributed by atoms with E-state index in [4.69, 9.17) is 9.72 Å². The standard InChI is InChI=1S/C45H54F2N12O5/c1-53-40-32(3-2-4-35(40)59(45(53)63)36-9-10-38(60)51-44(36)62)28-17-27(18-28)22-55-15-13-54(14-16-55)21-26-5-7-29(8-6-26)58-24-34(39(52-58)41(46)47)49-43(61)33-20-48-57-12-11-37(50-42(33)57)56-23-31-19-30(56)25-64-31/h2-4,11-12,20,24,26-31,36,41H,5-10,13-19,21-23,25H2,1H3,(H,49,61)(H,51,60,62)/t26-,27-,28-,29-,30-,31-,36?/m1/s1. The number of halogens is 2. The first-order valence-corrected chi connectivity index (χ1v) is 22.9. The second-order valence-corrected chi connectivity index (χ2v) is 19.0. The Balaban J connectivity index is 0.652. The molecule has 4 aliphatic heterocycles. The minimum absolute atomic E-state index is 0.00737. The molecule has 17 nitrogen and oxygen atoms in total. The van der Waals surface area contributed by atoms with Gasteiger partial charge in [-0.1, -0.05) is 12.1 Å². The zero-order valence-corrected chi connectivity index (χ0v) is 36.0. The number of benzene rings is 1. The Bertz CT molecular complexity index is 2670. The molecule has 5 aromatic rings. The van der Waals surface area contributed by atoms with Crippen LogP contribution in [0.2, 0.25) is 0 Å². The maximum absolute atomic E-state index is 14.3. The Hall–Kier alpha value is -5.53. The van der Waals surface area contributed by atoms with Gasteiger partial charge >= 0.3 is 5.69 Å². The van der Waals surface area contributed by atoms with E-state index >= 15 is 0 Å². The van der Waals surface area contributed by atoms with Crippen LogP contribution < -0.4 is 21.2 Å². The third-order valence-corrected chi connectivity index (χ3v) is 15.0. The Kier molecular flexibility index (Phi) is 10.6. The number of amides is 3. The maximum Gasteiger partial charge on any atom is 0.329 e. The number of hydrogen-bond donors (Lipinski definition) is 2. The third kappa shape index (κ3) is 7.47. The number of fused-ring (bicyclic) bond motifs is 4. The van der Waals surface area contributed by atoms with Crippen LogP contribution in [-0.4, -0.2) is 126 Å². The van der Waals surface area contributed by atoms with Gasteiger partial charge in [0, 0.05) is 71.7 Å². The number of nitrogens with one attached hydrogen (secondary N) is 2. The second kappa shape index (κ2) is 16.5. The molecule has 338 valence electrons. The van der Waals surface area contributed by atoms with Crippen LogP contribution in [0.25, 0.3) is 16.7 Å². The first-order valence-electron chi connectivity index (χ1n) is 22.9. The monoisotopic (exact) mass is 880 g/mol. The number of aromatic nitrogens is 7. The maximum atomic E-state index is 14.3. The van der Waals surface area contributed by atoms with E-state index in [0.29, 0.717) is 36.4 Å². The summed E-state index contributed by atoms with van der Waals surface area (Å²) in [5.41, 5.74) is 2.69. The molecular formula is C45H54F2N12O5. The summed E-state index contributed by atoms with van der Waals surface area (Å²) in [6.45, 7) is 7.55. The number of nitrogens with zero attached hydrogens (tertiary/aromatic N) is 10. The van der Waals surface area contributed by atoms with Crippen molar-refractivity contribution in [2.75, 3.05) is 62.6 Å². The summed E-state index contributed by atoms with van der Waals surface area (Å²) in [5.74, 6) is 0.923. The quantitative estimate of drug-likeness (QED) is 0.182. The van der Waals surface area contributed by atoms with E-state index < -0.39 is 30.0 Å². The Morgan fingerprint density at radius 3 is 2.42 bits per heavy atom. The fourth-order valence-corrected chi connectivity index (χ4v) is 11.5. The summed E-state index contributed by atoms with van der Waals surface area (Å²) >= 11 is 0. The second-order valence-electron chi connectivity index (χ2n) is 19.0. The molecule has 4 aromatic heterocycles. The molecule has 19 heteroatoms. The highest BCUT2D eigenvalue weighted by molar-refractivity contribution is 6.08. The van der Waals surface area contributed by atoms with Crippen LogP contribution in [-0.2, 0) is 21.4 Å². The van der Waals surface area contributed by atoms with Gasteiger partial charge in [-0.2, -0.15) is 10.2 Å². The average Bonchev–Trinajstić information content (AvgIpc) is 4.13. The summed E-state index contributed by atoms with van der Waals surface area (Å²) in [5, 5.41) is 13.7. The van der Waals surface area contributed by atoms with Crippen LogP contribution in [0.15, 0.2) is 47.7 Å². The average molecular weight is 881 g/mol. The number of aryl methyl sites for hydroxylation is 1. The molecule has 0 spiro atoms. The number of imide groups is 1. The summed E-state index contributed by atoms with van der Waals surface area (Å²) in [6, 6.07) is 7.40. The third-order valence-electron chi connectivity index (χ3n) is 15.0. The zero-order valence-electron chi connectivity index (χ0n) is 36.0. The predicted octanol–water partition coefficient (Wildman–Crippen LogP) is 4.27. The lowest BCUT2D eigenvalue weighted by Gasteiger charge is -2.42. The van der Waals surface area contributed by atoms with E-state index in [9.17, 15) is 28.0 Å². The van der Waals surface area contributed by atoms with E-state index in [0.717, 1.165) is 113 Å². The van der Waals surface area contributed by atoms with E-state index in [1.54, 1.807) is 33.3 Å². The first-order chi connectivity index (χ1) is 31.0. The van der Waals surface area contributed by atoms with Gasteiger partial charge in [0.15, 0.2) is 11.3 Å². The van der Waals surface area contributed by atoms with Crippen molar-refractivity contribution in [1.82, 2.24) is 48.6 Å². The number of piperidine rings is 1. The van der Waals surface area contributed by atoms with Gasteiger partial charge in [-0.3, -0.25) is 33.5 Å². The number of imidazole rings is 1. The number of alkyl halides is 2. The molecule has 4 saturated heterocycles. The molecule has 6 fully saturated rings. The topological polar surface area (TPSA) is 169 Å². The van der Waals surface area contributed by atoms with E-state index in [2.05, 4.69) is 41.6 Å². The number of morpholine rings is 1. The molecule has 2 saturated carbocycles. The molecular weight excluding hydrogens is 827 g/mol. The molecule has 2 bridgehead atoms. The minimum Gasteiger partial charge on any atom is -0.374 e. The van der Waals surface area contributed by atoms with Gasteiger partial charge in [-0.15, -0.1) is 0 Å². The highest BCUT2D eigenvalue weighted by Crippen LogP contribution is 2.45. The zero-order chi connectivity index (χ0) is 43.8. The van der Waals surface area contributed by atoms with Gasteiger partial charge < -0.3 is 24.8 Å². The summed E-state index contributed by atoms with van der Waals surface area (Å²) in [7, 11) is 1.77. The van der Waals surface area contributed by atoms with E-state index in [-0.39, 0.29) is 47.5 Å². The molecule has 64 heavy (non-hydrogen) atoms. The van der Waals surface area contributed by atoms with Gasteiger partial charge in [-0.25, -0.2) is 23.1 Å². The SMILES string of the molecule is Cn1c(=O)n(C2CCC(=O)NC2=O)c2cccc([C@H]3C[C@H](CN4CCN(C[C@H]5CC[C@H](n6cc(NC(=O)c7cnn8ccc(N9C[C@H]%10C[C@@H]9CO%10)nc78)c(C(F)F)n6)CC5)CC4)C3)c21. The number of hydrogen-bond acceptors (Lipinski definition) is 11. The van der Waals surface area contributed by atoms with Crippen LogP contribution in [0.4, 0.5) is 20.3 Å². The Morgan fingerprint density at radius 1 is 0.953 bits per heavy atom. The summed E-state index contributed by atoms with van der Waals surface area (Å²) in [4.78, 5) is 63.6. The number of piperazine rings is 1. The van der Waals surface area contributed by atoms with E-state index in [1.165, 1.54) is 10.7 Å². The molecule has 8 heterocycles. The number of carbonyl (C=O) groups is 3. The molecule has 2 aliphatic carbocycles. The molecule has 3 atom stereocenters.